The Hall–Kier alpha value is -1.72. The van der Waals surface area contributed by atoms with Gasteiger partial charge in [-0.25, -0.2) is 0 Å². The molecule has 0 fully saturated rings. The van der Waals surface area contributed by atoms with Crippen molar-refractivity contribution >= 4 is 0 Å². The lowest BCUT2D eigenvalue weighted by Gasteiger charge is -2.00. The number of hydrogen-bond donors (Lipinski definition) is 1. The van der Waals surface area contributed by atoms with Crippen molar-refractivity contribution in [2.45, 2.75) is 6.92 Å². The third kappa shape index (κ3) is 0.794. The Bertz CT molecular complexity index is 323. The molecule has 1 N–H and O–H groups in total. The van der Waals surface area contributed by atoms with Crippen LogP contribution in [0.2, 0.25) is 0 Å². The first-order chi connectivity index (χ1) is 5.27. The number of fused-ring (bicyclic) bond motifs is 1. The van der Waals surface area contributed by atoms with E-state index in [0.29, 0.717) is 17.2 Å². The molecule has 0 spiro atoms. The third-order valence-electron chi connectivity index (χ3n) is 1.37. The summed E-state index contributed by atoms with van der Waals surface area (Å²) in [5.41, 5.74) is 1.19. The molecular formula is C5H5N5O. The zero-order valence-electron chi connectivity index (χ0n) is 5.76. The number of hydrogen-bond acceptors (Lipinski definition) is 5. The average Bonchev–Trinajstić information content (AvgIpc) is 2.36. The molecule has 0 aliphatic carbocycles. The summed E-state index contributed by atoms with van der Waals surface area (Å²) in [5, 5.41) is 23.4. The summed E-state index contributed by atoms with van der Waals surface area (Å²) in [5.74, 6) is 0.345. The Morgan fingerprint density at radius 1 is 1.45 bits per heavy atom. The quantitative estimate of drug-likeness (QED) is 0.524. The van der Waals surface area contributed by atoms with Gasteiger partial charge >= 0.3 is 0 Å². The molecule has 0 saturated heterocycles. The molecule has 0 aromatic carbocycles. The fraction of sp³-hybridized carbons (Fsp3) is 0.200. The van der Waals surface area contributed by atoms with Gasteiger partial charge in [-0.3, -0.25) is 0 Å². The van der Waals surface area contributed by atoms with Crippen LogP contribution in [0.4, 0.5) is 0 Å². The number of aryl methyl sites for hydroxylation is 1. The van der Waals surface area contributed by atoms with Crippen molar-refractivity contribution in [2.75, 3.05) is 0 Å². The molecule has 2 rings (SSSR count). The molecule has 0 atom stereocenters. The molecule has 11 heavy (non-hydrogen) atoms. The molecule has 0 radical (unpaired) electrons. The van der Waals surface area contributed by atoms with Crippen molar-refractivity contribution in [3.8, 4) is 11.5 Å². The smallest absolute Gasteiger partial charge is 0.226 e. The Kier molecular flexibility index (Phi) is 1.03. The highest BCUT2D eigenvalue weighted by atomic mass is 16.5. The van der Waals surface area contributed by atoms with E-state index in [-0.39, 0.29) is 0 Å². The van der Waals surface area contributed by atoms with Crippen LogP contribution in [0.15, 0.2) is 6.07 Å². The largest absolute Gasteiger partial charge is 0.411 e. The maximum Gasteiger partial charge on any atom is 0.226 e. The minimum atomic E-state index is 0.345. The molecule has 2 aliphatic rings. The monoisotopic (exact) mass is 151 g/mol. The first kappa shape index (κ1) is 6.02. The van der Waals surface area contributed by atoms with E-state index >= 15 is 0 Å². The lowest BCUT2D eigenvalue weighted by molar-refractivity contribution is 0.137. The summed E-state index contributed by atoms with van der Waals surface area (Å²) in [7, 11) is 0. The molecule has 0 aromatic rings. The van der Waals surface area contributed by atoms with Gasteiger partial charge < -0.3 is 5.21 Å². The first-order valence-electron chi connectivity index (χ1n) is 3.02. The predicted molar refractivity (Wildman–Crippen MR) is 34.2 cm³/mol. The van der Waals surface area contributed by atoms with Crippen molar-refractivity contribution < 1.29 is 5.21 Å². The van der Waals surface area contributed by atoms with E-state index in [1.165, 1.54) is 0 Å². The van der Waals surface area contributed by atoms with Gasteiger partial charge in [0.15, 0.2) is 0 Å². The first-order valence-corrected chi connectivity index (χ1v) is 3.02. The van der Waals surface area contributed by atoms with Gasteiger partial charge in [-0.05, 0) is 18.2 Å². The van der Waals surface area contributed by atoms with Crippen molar-refractivity contribution in [1.82, 2.24) is 25.4 Å². The topological polar surface area (TPSA) is 76.7 Å². The summed E-state index contributed by atoms with van der Waals surface area (Å²) in [4.78, 5) is 0.749. The van der Waals surface area contributed by atoms with Crippen LogP contribution >= 0.6 is 0 Å². The van der Waals surface area contributed by atoms with Crippen molar-refractivity contribution in [2.24, 2.45) is 0 Å². The van der Waals surface area contributed by atoms with E-state index in [9.17, 15) is 0 Å². The summed E-state index contributed by atoms with van der Waals surface area (Å²) in [6, 6.07) is 1.66. The fourth-order valence-corrected chi connectivity index (χ4v) is 0.798. The normalized spacial score (nSPS) is 10.6. The highest BCUT2D eigenvalue weighted by Gasteiger charge is 2.10. The minimum absolute atomic E-state index is 0.345. The summed E-state index contributed by atoms with van der Waals surface area (Å²) >= 11 is 0. The van der Waals surface area contributed by atoms with E-state index in [1.54, 1.807) is 13.0 Å². The van der Waals surface area contributed by atoms with Crippen LogP contribution in [0, 0.1) is 6.92 Å². The Labute approximate surface area is 61.8 Å². The molecule has 2 heterocycles. The summed E-state index contributed by atoms with van der Waals surface area (Å²) < 4.78 is 0. The number of rotatable bonds is 0. The summed E-state index contributed by atoms with van der Waals surface area (Å²) in [6.07, 6.45) is 0. The van der Waals surface area contributed by atoms with E-state index in [4.69, 9.17) is 5.21 Å². The van der Waals surface area contributed by atoms with Gasteiger partial charge in [-0.15, -0.1) is 20.1 Å². The van der Waals surface area contributed by atoms with Gasteiger partial charge in [0, 0.05) is 0 Å². The Morgan fingerprint density at radius 3 is 3.09 bits per heavy atom. The maximum absolute atomic E-state index is 9.05. The fourth-order valence-electron chi connectivity index (χ4n) is 0.798. The summed E-state index contributed by atoms with van der Waals surface area (Å²) in [6.45, 7) is 1.71. The van der Waals surface area contributed by atoms with Gasteiger partial charge in [0.2, 0.25) is 5.82 Å². The van der Waals surface area contributed by atoms with Gasteiger partial charge in [-0.2, -0.15) is 0 Å². The second-order valence-corrected chi connectivity index (χ2v) is 2.17. The lowest BCUT2D eigenvalue weighted by Crippen LogP contribution is -2.05. The molecule has 0 unspecified atom stereocenters. The molecular weight excluding hydrogens is 146 g/mol. The third-order valence-corrected chi connectivity index (χ3v) is 1.37. The van der Waals surface area contributed by atoms with Crippen LogP contribution in [-0.2, 0) is 0 Å². The number of aromatic nitrogens is 5. The van der Waals surface area contributed by atoms with Crippen LogP contribution in [0.3, 0.4) is 0 Å². The SMILES string of the molecule is Cc1cc2nnnc-2nn1O. The van der Waals surface area contributed by atoms with E-state index in [1.807, 2.05) is 0 Å². The predicted octanol–water partition coefficient (Wildman–Crippen LogP) is -0.281. The van der Waals surface area contributed by atoms with E-state index in [0.717, 1.165) is 4.85 Å². The minimum Gasteiger partial charge on any atom is -0.411 e. The highest BCUT2D eigenvalue weighted by Crippen LogP contribution is 2.11. The van der Waals surface area contributed by atoms with Crippen LogP contribution in [0.1, 0.15) is 5.69 Å². The second-order valence-electron chi connectivity index (χ2n) is 2.17. The van der Waals surface area contributed by atoms with Crippen LogP contribution in [0.5, 0.6) is 0 Å². The lowest BCUT2D eigenvalue weighted by atomic mass is 10.3. The molecule has 56 valence electrons. The molecule has 0 aromatic heterocycles. The zero-order valence-corrected chi connectivity index (χ0v) is 5.76. The van der Waals surface area contributed by atoms with Gasteiger partial charge in [0.1, 0.15) is 5.69 Å². The Morgan fingerprint density at radius 2 is 2.27 bits per heavy atom. The van der Waals surface area contributed by atoms with Gasteiger partial charge in [-0.1, -0.05) is 0 Å². The molecule has 2 aliphatic heterocycles. The molecule has 6 heteroatoms. The van der Waals surface area contributed by atoms with Gasteiger partial charge in [0.05, 0.1) is 5.69 Å². The second kappa shape index (κ2) is 1.88. The van der Waals surface area contributed by atoms with Crippen molar-refractivity contribution in [1.29, 1.82) is 0 Å². The van der Waals surface area contributed by atoms with Crippen LogP contribution in [0.25, 0.3) is 11.5 Å². The maximum atomic E-state index is 9.05. The standard InChI is InChI=1S/C5H5N5O/c1-3-2-4-5(7-9-6-4)8-10(3)11/h2,11H,1H3. The van der Waals surface area contributed by atoms with Crippen molar-refractivity contribution in [3.63, 3.8) is 0 Å². The molecule has 6 nitrogen and oxygen atoms in total. The van der Waals surface area contributed by atoms with Gasteiger partial charge in [0.25, 0.3) is 0 Å². The molecule has 0 amide bonds. The average molecular weight is 151 g/mol. The Balaban J connectivity index is 2.77. The molecule has 0 bridgehead atoms. The van der Waals surface area contributed by atoms with E-state index < -0.39 is 0 Å². The molecule has 0 saturated carbocycles. The van der Waals surface area contributed by atoms with Crippen LogP contribution in [-0.4, -0.2) is 30.6 Å². The number of nitrogens with zero attached hydrogens (tertiary/aromatic N) is 5. The van der Waals surface area contributed by atoms with Crippen molar-refractivity contribution in [3.05, 3.63) is 11.8 Å². The zero-order chi connectivity index (χ0) is 7.84. The van der Waals surface area contributed by atoms with E-state index in [2.05, 4.69) is 20.5 Å². The van der Waals surface area contributed by atoms with Crippen LogP contribution < -0.4 is 0 Å². The highest BCUT2D eigenvalue weighted by molar-refractivity contribution is 5.48.